The van der Waals surface area contributed by atoms with E-state index in [1.807, 2.05) is 31.2 Å². The molecule has 3 rings (SSSR count). The first-order chi connectivity index (χ1) is 12.9. The van der Waals surface area contributed by atoms with Gasteiger partial charge in [0.15, 0.2) is 0 Å². The molecule has 138 valence electrons. The minimum Gasteiger partial charge on any atom is -0.457 e. The first-order valence-electron chi connectivity index (χ1n) is 7.85. The number of nitrogens with zero attached hydrogens (tertiary/aromatic N) is 5. The van der Waals surface area contributed by atoms with Crippen LogP contribution in [0.25, 0.3) is 0 Å². The molecule has 3 aromatic rings. The third-order valence-electron chi connectivity index (χ3n) is 3.67. The number of carbonyl (C=O) groups excluding carboxylic acids is 1. The van der Waals surface area contributed by atoms with E-state index in [2.05, 4.69) is 15.5 Å². The molecule has 0 unspecified atom stereocenters. The highest BCUT2D eigenvalue weighted by atomic mass is 32.2. The van der Waals surface area contributed by atoms with Crippen LogP contribution in [-0.2, 0) is 18.4 Å². The van der Waals surface area contributed by atoms with Gasteiger partial charge in [0.25, 0.3) is 5.69 Å². The third-order valence-corrected chi connectivity index (χ3v) is 4.77. The van der Waals surface area contributed by atoms with Crippen LogP contribution in [0.4, 0.5) is 5.69 Å². The van der Waals surface area contributed by atoms with E-state index in [0.717, 1.165) is 22.9 Å². The van der Waals surface area contributed by atoms with E-state index < -0.39 is 10.9 Å². The fourth-order valence-corrected chi connectivity index (χ4v) is 3.03. The van der Waals surface area contributed by atoms with Gasteiger partial charge in [-0.3, -0.25) is 10.1 Å². The number of hydrogen-bond donors (Lipinski definition) is 0. The number of aryl methyl sites for hydroxylation is 2. The maximum atomic E-state index is 12.6. The van der Waals surface area contributed by atoms with Crippen LogP contribution in [-0.4, -0.2) is 31.1 Å². The van der Waals surface area contributed by atoms with Gasteiger partial charge in [0.1, 0.15) is 6.61 Å². The number of nitro groups is 1. The number of esters is 1. The van der Waals surface area contributed by atoms with Crippen molar-refractivity contribution in [2.75, 3.05) is 0 Å². The standard InChI is InChI=1S/C17H15N5O4S/c1-11-3-5-12(6-4-11)10-26-16(23)14-9-13(22(24)25)7-8-15(14)27-17-18-19-20-21(17)2/h3-9H,10H2,1-2H3. The summed E-state index contributed by atoms with van der Waals surface area (Å²) in [6.45, 7) is 2.03. The minimum atomic E-state index is -0.656. The molecule has 0 aliphatic rings. The van der Waals surface area contributed by atoms with Crippen molar-refractivity contribution in [2.45, 2.75) is 23.6 Å². The molecule has 0 atom stereocenters. The summed E-state index contributed by atoms with van der Waals surface area (Å²) in [5, 5.41) is 22.6. The molecule has 0 bridgehead atoms. The van der Waals surface area contributed by atoms with E-state index in [9.17, 15) is 14.9 Å². The number of carbonyl (C=O) groups is 1. The van der Waals surface area contributed by atoms with Crippen molar-refractivity contribution < 1.29 is 14.5 Å². The number of ether oxygens (including phenoxy) is 1. The van der Waals surface area contributed by atoms with E-state index in [4.69, 9.17) is 4.74 Å². The van der Waals surface area contributed by atoms with Gasteiger partial charge < -0.3 is 4.74 Å². The topological polar surface area (TPSA) is 113 Å². The molecule has 1 aromatic heterocycles. The lowest BCUT2D eigenvalue weighted by Gasteiger charge is -2.09. The Kier molecular flexibility index (Phi) is 5.46. The molecule has 0 aliphatic carbocycles. The lowest BCUT2D eigenvalue weighted by atomic mass is 10.1. The quantitative estimate of drug-likeness (QED) is 0.361. The van der Waals surface area contributed by atoms with Gasteiger partial charge in [0, 0.05) is 24.1 Å². The van der Waals surface area contributed by atoms with Gasteiger partial charge in [-0.25, -0.2) is 9.48 Å². The molecule has 0 radical (unpaired) electrons. The van der Waals surface area contributed by atoms with Gasteiger partial charge in [-0.2, -0.15) is 0 Å². The summed E-state index contributed by atoms with van der Waals surface area (Å²) in [7, 11) is 1.66. The predicted octanol–water partition coefficient (Wildman–Crippen LogP) is 2.93. The number of benzene rings is 2. The largest absolute Gasteiger partial charge is 0.457 e. The average molecular weight is 385 g/mol. The first kappa shape index (κ1) is 18.5. The molecule has 0 fully saturated rings. The summed E-state index contributed by atoms with van der Waals surface area (Å²) < 4.78 is 6.78. The molecule has 10 heteroatoms. The zero-order valence-corrected chi connectivity index (χ0v) is 15.3. The summed E-state index contributed by atoms with van der Waals surface area (Å²) >= 11 is 1.12. The molecule has 2 aromatic carbocycles. The maximum absolute atomic E-state index is 12.6. The van der Waals surface area contributed by atoms with E-state index in [1.54, 1.807) is 7.05 Å². The van der Waals surface area contributed by atoms with Gasteiger partial charge >= 0.3 is 5.97 Å². The summed E-state index contributed by atoms with van der Waals surface area (Å²) in [6, 6.07) is 11.6. The lowest BCUT2D eigenvalue weighted by Crippen LogP contribution is -2.08. The van der Waals surface area contributed by atoms with Crippen LogP contribution in [0.2, 0.25) is 0 Å². The smallest absolute Gasteiger partial charge is 0.339 e. The Morgan fingerprint density at radius 1 is 1.26 bits per heavy atom. The zero-order chi connectivity index (χ0) is 19.4. The van der Waals surface area contributed by atoms with Crippen LogP contribution < -0.4 is 0 Å². The molecule has 0 N–H and O–H groups in total. The van der Waals surface area contributed by atoms with Crippen LogP contribution in [0.5, 0.6) is 0 Å². The molecular weight excluding hydrogens is 370 g/mol. The Morgan fingerprint density at radius 2 is 2.00 bits per heavy atom. The normalized spacial score (nSPS) is 10.6. The second-order valence-corrected chi connectivity index (χ2v) is 6.70. The summed E-state index contributed by atoms with van der Waals surface area (Å²) in [5.41, 5.74) is 1.81. The number of aromatic nitrogens is 4. The maximum Gasteiger partial charge on any atom is 0.339 e. The highest BCUT2D eigenvalue weighted by Crippen LogP contribution is 2.31. The fraction of sp³-hybridized carbons (Fsp3) is 0.176. The van der Waals surface area contributed by atoms with Crippen molar-refractivity contribution in [3.8, 4) is 0 Å². The first-order valence-corrected chi connectivity index (χ1v) is 8.67. The number of nitro benzene ring substituents is 1. The van der Waals surface area contributed by atoms with Gasteiger partial charge in [-0.1, -0.05) is 29.8 Å². The van der Waals surface area contributed by atoms with Crippen molar-refractivity contribution in [3.63, 3.8) is 0 Å². The molecule has 1 heterocycles. The molecule has 0 saturated carbocycles. The van der Waals surface area contributed by atoms with Gasteiger partial charge in [-0.05, 0) is 40.7 Å². The highest BCUT2D eigenvalue weighted by molar-refractivity contribution is 7.99. The van der Waals surface area contributed by atoms with Crippen LogP contribution in [0.3, 0.4) is 0 Å². The number of rotatable bonds is 6. The minimum absolute atomic E-state index is 0.0669. The van der Waals surface area contributed by atoms with Gasteiger partial charge in [0.05, 0.1) is 10.5 Å². The average Bonchev–Trinajstić information content (AvgIpc) is 3.06. The lowest BCUT2D eigenvalue weighted by molar-refractivity contribution is -0.384. The Bertz CT molecular complexity index is 987. The Hall–Kier alpha value is -3.27. The van der Waals surface area contributed by atoms with E-state index in [-0.39, 0.29) is 17.9 Å². The number of tetrazole rings is 1. The molecule has 27 heavy (non-hydrogen) atoms. The second-order valence-electron chi connectivity index (χ2n) is 5.69. The summed E-state index contributed by atoms with van der Waals surface area (Å²) in [5.74, 6) is -0.656. The number of hydrogen-bond acceptors (Lipinski definition) is 8. The monoisotopic (exact) mass is 385 g/mol. The molecule has 9 nitrogen and oxygen atoms in total. The van der Waals surface area contributed by atoms with Crippen molar-refractivity contribution in [3.05, 3.63) is 69.3 Å². The third kappa shape index (κ3) is 4.47. The summed E-state index contributed by atoms with van der Waals surface area (Å²) in [6.07, 6.45) is 0. The van der Waals surface area contributed by atoms with E-state index in [1.165, 1.54) is 22.9 Å². The van der Waals surface area contributed by atoms with Crippen molar-refractivity contribution in [1.29, 1.82) is 0 Å². The molecule has 0 saturated heterocycles. The Balaban J connectivity index is 1.84. The van der Waals surface area contributed by atoms with E-state index >= 15 is 0 Å². The van der Waals surface area contributed by atoms with Gasteiger partial charge in [0.2, 0.25) is 5.16 Å². The van der Waals surface area contributed by atoms with Crippen LogP contribution >= 0.6 is 11.8 Å². The molecular formula is C17H15N5O4S. The second kappa shape index (κ2) is 7.96. The number of non-ortho nitro benzene ring substituents is 1. The van der Waals surface area contributed by atoms with Crippen LogP contribution in [0.1, 0.15) is 21.5 Å². The van der Waals surface area contributed by atoms with Crippen molar-refractivity contribution in [1.82, 2.24) is 20.2 Å². The molecule has 0 aliphatic heterocycles. The van der Waals surface area contributed by atoms with Crippen LogP contribution in [0.15, 0.2) is 52.5 Å². The SMILES string of the molecule is Cc1ccc(COC(=O)c2cc([N+](=O)[O-])ccc2Sc2nnnn2C)cc1. The van der Waals surface area contributed by atoms with E-state index in [0.29, 0.717) is 10.1 Å². The Labute approximate surface area is 158 Å². The van der Waals surface area contributed by atoms with Crippen molar-refractivity contribution in [2.24, 2.45) is 7.05 Å². The fourth-order valence-electron chi connectivity index (χ4n) is 2.20. The Morgan fingerprint density at radius 3 is 2.63 bits per heavy atom. The van der Waals surface area contributed by atoms with Crippen LogP contribution in [0, 0.1) is 17.0 Å². The highest BCUT2D eigenvalue weighted by Gasteiger charge is 2.20. The summed E-state index contributed by atoms with van der Waals surface area (Å²) in [4.78, 5) is 23.6. The molecule has 0 spiro atoms. The van der Waals surface area contributed by atoms with Gasteiger partial charge in [-0.15, -0.1) is 5.10 Å². The molecule has 0 amide bonds. The predicted molar refractivity (Wildman–Crippen MR) is 96.3 cm³/mol. The van der Waals surface area contributed by atoms with Crippen molar-refractivity contribution >= 4 is 23.4 Å². The zero-order valence-electron chi connectivity index (χ0n) is 14.5.